The molecule has 0 saturated carbocycles. The summed E-state index contributed by atoms with van der Waals surface area (Å²) < 4.78 is 10.3. The van der Waals surface area contributed by atoms with Crippen molar-refractivity contribution in [1.29, 1.82) is 0 Å². The minimum absolute atomic E-state index is 0.0285. The number of hydrogen-bond acceptors (Lipinski definition) is 5. The lowest BCUT2D eigenvalue weighted by Crippen LogP contribution is -2.12. The van der Waals surface area contributed by atoms with Crippen molar-refractivity contribution in [2.24, 2.45) is 0 Å². The molecule has 0 atom stereocenters. The van der Waals surface area contributed by atoms with Crippen LogP contribution >= 0.6 is 0 Å². The molecule has 0 heterocycles. The van der Waals surface area contributed by atoms with E-state index in [0.717, 1.165) is 6.08 Å². The van der Waals surface area contributed by atoms with Crippen molar-refractivity contribution >= 4 is 17.7 Å². The summed E-state index contributed by atoms with van der Waals surface area (Å²) in [4.78, 5) is 34.5. The number of carbonyl (C=O) groups is 3. The molecule has 0 saturated heterocycles. The lowest BCUT2D eigenvalue weighted by molar-refractivity contribution is -0.138. The highest BCUT2D eigenvalue weighted by atomic mass is 16.6. The number of carbonyl (C=O) groups excluding carboxylic acids is 2. The molecule has 2 aromatic carbocycles. The van der Waals surface area contributed by atoms with E-state index in [1.165, 1.54) is 24.3 Å². The fourth-order valence-electron chi connectivity index (χ4n) is 2.05. The number of rotatable bonds is 8. The zero-order valence-corrected chi connectivity index (χ0v) is 13.3. The van der Waals surface area contributed by atoms with Crippen molar-refractivity contribution in [2.75, 3.05) is 13.2 Å². The number of carboxylic acids is 1. The van der Waals surface area contributed by atoms with Gasteiger partial charge >= 0.3 is 11.9 Å². The van der Waals surface area contributed by atoms with Gasteiger partial charge in [-0.2, -0.15) is 0 Å². The van der Waals surface area contributed by atoms with E-state index in [9.17, 15) is 14.4 Å². The van der Waals surface area contributed by atoms with Crippen LogP contribution in [0.25, 0.3) is 0 Å². The van der Waals surface area contributed by atoms with E-state index >= 15 is 0 Å². The molecule has 0 unspecified atom stereocenters. The van der Waals surface area contributed by atoms with Gasteiger partial charge in [-0.25, -0.2) is 9.59 Å². The second-order valence-electron chi connectivity index (χ2n) is 4.93. The highest BCUT2D eigenvalue weighted by Gasteiger charge is 2.15. The third kappa shape index (κ3) is 4.78. The third-order valence-electron chi connectivity index (χ3n) is 3.28. The van der Waals surface area contributed by atoms with Gasteiger partial charge in [-0.05, 0) is 24.3 Å². The first-order valence-electron chi connectivity index (χ1n) is 7.42. The van der Waals surface area contributed by atoms with E-state index in [4.69, 9.17) is 14.6 Å². The van der Waals surface area contributed by atoms with Crippen molar-refractivity contribution in [2.45, 2.75) is 0 Å². The Morgan fingerprint density at radius 1 is 0.960 bits per heavy atom. The minimum Gasteiger partial charge on any atom is -0.489 e. The van der Waals surface area contributed by atoms with Crippen LogP contribution in [-0.2, 0) is 9.53 Å². The first-order valence-corrected chi connectivity index (χ1v) is 7.42. The second-order valence-corrected chi connectivity index (χ2v) is 4.93. The highest BCUT2D eigenvalue weighted by molar-refractivity contribution is 6.11. The molecule has 0 aliphatic rings. The molecule has 128 valence electrons. The maximum atomic E-state index is 12.6. The maximum Gasteiger partial charge on any atom is 0.335 e. The van der Waals surface area contributed by atoms with Crippen molar-refractivity contribution in [1.82, 2.24) is 0 Å². The summed E-state index contributed by atoms with van der Waals surface area (Å²) in [5, 5.41) is 8.91. The Balaban J connectivity index is 2.10. The first-order chi connectivity index (χ1) is 12.0. The smallest absolute Gasteiger partial charge is 0.335 e. The van der Waals surface area contributed by atoms with Gasteiger partial charge in [0.15, 0.2) is 5.78 Å². The predicted octanol–water partition coefficient (Wildman–Crippen LogP) is 2.72. The van der Waals surface area contributed by atoms with Crippen molar-refractivity contribution in [3.63, 3.8) is 0 Å². The van der Waals surface area contributed by atoms with Crippen LogP contribution in [0.4, 0.5) is 0 Å². The first kappa shape index (κ1) is 17.9. The average Bonchev–Trinajstić information content (AvgIpc) is 2.64. The molecule has 0 fully saturated rings. The summed E-state index contributed by atoms with van der Waals surface area (Å²) >= 11 is 0. The zero-order valence-electron chi connectivity index (χ0n) is 13.3. The van der Waals surface area contributed by atoms with Gasteiger partial charge in [0.05, 0.1) is 11.1 Å². The Bertz CT molecular complexity index is 792. The van der Waals surface area contributed by atoms with Crippen LogP contribution in [0.1, 0.15) is 26.3 Å². The van der Waals surface area contributed by atoms with Crippen LogP contribution in [0, 0.1) is 0 Å². The van der Waals surface area contributed by atoms with E-state index < -0.39 is 11.9 Å². The van der Waals surface area contributed by atoms with Crippen LogP contribution in [0.5, 0.6) is 5.75 Å². The third-order valence-corrected chi connectivity index (χ3v) is 3.28. The second kappa shape index (κ2) is 8.44. The molecular formula is C19H16O6. The molecule has 2 rings (SSSR count). The summed E-state index contributed by atoms with van der Waals surface area (Å²) in [5.74, 6) is -1.55. The fourth-order valence-corrected chi connectivity index (χ4v) is 2.05. The van der Waals surface area contributed by atoms with Gasteiger partial charge in [0.1, 0.15) is 19.0 Å². The van der Waals surface area contributed by atoms with Crippen molar-refractivity contribution < 1.29 is 29.0 Å². The van der Waals surface area contributed by atoms with Gasteiger partial charge in [0.25, 0.3) is 0 Å². The maximum absolute atomic E-state index is 12.6. The van der Waals surface area contributed by atoms with E-state index in [2.05, 4.69) is 6.58 Å². The molecule has 6 heteroatoms. The van der Waals surface area contributed by atoms with Crippen molar-refractivity contribution in [3.8, 4) is 5.75 Å². The molecule has 0 radical (unpaired) electrons. The topological polar surface area (TPSA) is 89.9 Å². The largest absolute Gasteiger partial charge is 0.489 e. The molecule has 0 aliphatic heterocycles. The molecule has 0 aromatic heterocycles. The predicted molar refractivity (Wildman–Crippen MR) is 89.9 cm³/mol. The van der Waals surface area contributed by atoms with Gasteiger partial charge in [-0.3, -0.25) is 4.79 Å². The van der Waals surface area contributed by atoms with Crippen LogP contribution in [0.3, 0.4) is 0 Å². The lowest BCUT2D eigenvalue weighted by Gasteiger charge is -2.11. The van der Waals surface area contributed by atoms with Crippen LogP contribution < -0.4 is 4.74 Å². The number of benzene rings is 2. The minimum atomic E-state index is -1.06. The quantitative estimate of drug-likeness (QED) is 0.344. The molecule has 1 N–H and O–H groups in total. The Hall–Kier alpha value is -3.41. The zero-order chi connectivity index (χ0) is 18.2. The summed E-state index contributed by atoms with van der Waals surface area (Å²) in [5.41, 5.74) is 0.782. The van der Waals surface area contributed by atoms with E-state index in [1.807, 2.05) is 0 Å². The monoisotopic (exact) mass is 340 g/mol. The number of hydrogen-bond donors (Lipinski definition) is 1. The molecule has 0 amide bonds. The van der Waals surface area contributed by atoms with Gasteiger partial charge in [-0.15, -0.1) is 0 Å². The van der Waals surface area contributed by atoms with Crippen LogP contribution in [0.15, 0.2) is 61.2 Å². The molecule has 2 aromatic rings. The Labute approximate surface area is 144 Å². The van der Waals surface area contributed by atoms with Crippen LogP contribution in [-0.4, -0.2) is 36.0 Å². The molecular weight excluding hydrogens is 324 g/mol. The summed E-state index contributed by atoms with van der Waals surface area (Å²) in [7, 11) is 0. The number of aromatic carboxylic acids is 1. The average molecular weight is 340 g/mol. The van der Waals surface area contributed by atoms with Gasteiger partial charge in [0, 0.05) is 11.6 Å². The summed E-state index contributed by atoms with van der Waals surface area (Å²) in [6, 6.07) is 12.3. The number of carboxylic acid groups (broad SMARTS) is 1. The van der Waals surface area contributed by atoms with E-state index in [1.54, 1.807) is 24.3 Å². The lowest BCUT2D eigenvalue weighted by atomic mass is 10.0. The SMILES string of the molecule is C=CC(=O)OCCOc1ccccc1C(=O)c1ccc(C(=O)O)cc1. The molecule has 25 heavy (non-hydrogen) atoms. The summed E-state index contributed by atoms with van der Waals surface area (Å²) in [6.45, 7) is 3.40. The fraction of sp³-hybridized carbons (Fsp3) is 0.105. The molecule has 0 bridgehead atoms. The van der Waals surface area contributed by atoms with Crippen LogP contribution in [0.2, 0.25) is 0 Å². The van der Waals surface area contributed by atoms with Gasteiger partial charge in [0.2, 0.25) is 0 Å². The molecule has 0 aliphatic carbocycles. The number of esters is 1. The van der Waals surface area contributed by atoms with E-state index in [-0.39, 0.29) is 24.6 Å². The van der Waals surface area contributed by atoms with Gasteiger partial charge < -0.3 is 14.6 Å². The Kier molecular flexibility index (Phi) is 6.06. The van der Waals surface area contributed by atoms with E-state index in [0.29, 0.717) is 16.9 Å². The number of para-hydroxylation sites is 1. The normalized spacial score (nSPS) is 9.92. The highest BCUT2D eigenvalue weighted by Crippen LogP contribution is 2.22. The van der Waals surface area contributed by atoms with Gasteiger partial charge in [-0.1, -0.05) is 30.8 Å². The standard InChI is InChI=1S/C19H16O6/c1-2-17(20)25-12-11-24-16-6-4-3-5-15(16)18(21)13-7-9-14(10-8-13)19(22)23/h2-10H,1,11-12H2,(H,22,23). The molecule has 0 spiro atoms. The number of ether oxygens (including phenoxy) is 2. The molecule has 6 nitrogen and oxygen atoms in total. The Morgan fingerprint density at radius 3 is 2.24 bits per heavy atom. The Morgan fingerprint density at radius 2 is 1.60 bits per heavy atom. The summed E-state index contributed by atoms with van der Waals surface area (Å²) in [6.07, 6.45) is 1.05. The van der Waals surface area contributed by atoms with Crippen molar-refractivity contribution in [3.05, 3.63) is 77.9 Å². The number of ketones is 1.